The number of hydrogen-bond acceptors (Lipinski definition) is 5. The van der Waals surface area contributed by atoms with Gasteiger partial charge in [-0.05, 0) is 25.5 Å². The van der Waals surface area contributed by atoms with Gasteiger partial charge >= 0.3 is 11.9 Å². The van der Waals surface area contributed by atoms with Gasteiger partial charge in [-0.2, -0.15) is 0 Å². The summed E-state index contributed by atoms with van der Waals surface area (Å²) in [5.74, 6) is -1.51. The average Bonchev–Trinajstić information content (AvgIpc) is 3.05. The average molecular weight is 380 g/mol. The second kappa shape index (κ2) is 7.04. The highest BCUT2D eigenvalue weighted by molar-refractivity contribution is 6.09. The number of benzene rings is 1. The maximum atomic E-state index is 12.6. The number of esters is 2. The molecule has 1 saturated heterocycles. The van der Waals surface area contributed by atoms with Gasteiger partial charge in [0.05, 0.1) is 12.3 Å². The molecule has 5 atom stereocenters. The molecule has 1 fully saturated rings. The van der Waals surface area contributed by atoms with Crippen molar-refractivity contribution in [2.24, 2.45) is 17.8 Å². The lowest BCUT2D eigenvalue weighted by molar-refractivity contribution is -0.152. The molecule has 1 aliphatic heterocycles. The summed E-state index contributed by atoms with van der Waals surface area (Å²) in [7, 11) is 0. The summed E-state index contributed by atoms with van der Waals surface area (Å²) in [6, 6.07) is 9.42. The van der Waals surface area contributed by atoms with Crippen LogP contribution in [-0.4, -0.2) is 29.9 Å². The Hall–Kier alpha value is -2.69. The quantitative estimate of drug-likeness (QED) is 0.754. The summed E-state index contributed by atoms with van der Waals surface area (Å²) < 4.78 is 11.6. The zero-order valence-corrected chi connectivity index (χ0v) is 16.3. The third kappa shape index (κ3) is 3.09. The van der Waals surface area contributed by atoms with Crippen LogP contribution >= 0.6 is 0 Å². The molecule has 1 aromatic rings. The topological polar surface area (TPSA) is 69.7 Å². The van der Waals surface area contributed by atoms with Gasteiger partial charge in [0.25, 0.3) is 0 Å². The lowest BCUT2D eigenvalue weighted by Crippen LogP contribution is -2.38. The van der Waals surface area contributed by atoms with Gasteiger partial charge in [0.1, 0.15) is 12.2 Å². The van der Waals surface area contributed by atoms with E-state index in [4.69, 9.17) is 9.47 Å². The molecule has 146 valence electrons. The van der Waals surface area contributed by atoms with Crippen LogP contribution < -0.4 is 0 Å². The van der Waals surface area contributed by atoms with Crippen molar-refractivity contribution in [2.75, 3.05) is 0 Å². The van der Waals surface area contributed by atoms with Crippen molar-refractivity contribution in [3.8, 4) is 0 Å². The van der Waals surface area contributed by atoms with E-state index in [0.717, 1.165) is 16.7 Å². The molecule has 0 saturated carbocycles. The minimum atomic E-state index is -0.485. The standard InChI is InChI=1S/C23H24O5/c1-12-9-16(24)19-13(2)10-17(21-14(3)23(26)28-22(21)20(12)19)27-18(25)11-15-7-5-4-6-8-15/h4-9,14,17,20-22H,10-11H2,1-3H3/t14-,17-,20-,21+,22+/m0/s1. The Morgan fingerprint density at radius 1 is 1.18 bits per heavy atom. The first-order chi connectivity index (χ1) is 13.4. The summed E-state index contributed by atoms with van der Waals surface area (Å²) >= 11 is 0. The highest BCUT2D eigenvalue weighted by atomic mass is 16.6. The molecule has 0 amide bonds. The molecule has 0 spiro atoms. The van der Waals surface area contributed by atoms with Gasteiger partial charge in [-0.15, -0.1) is 0 Å². The predicted octanol–water partition coefficient (Wildman–Crippen LogP) is 3.18. The molecule has 3 aliphatic rings. The van der Waals surface area contributed by atoms with E-state index in [2.05, 4.69) is 0 Å². The molecular weight excluding hydrogens is 356 g/mol. The number of ether oxygens (including phenoxy) is 2. The second-order valence-electron chi connectivity index (χ2n) is 8.09. The number of rotatable bonds is 3. The van der Waals surface area contributed by atoms with Crippen LogP contribution in [0.5, 0.6) is 0 Å². The minimum Gasteiger partial charge on any atom is -0.461 e. The molecular formula is C23H24O5. The fraction of sp³-hybridized carbons (Fsp3) is 0.435. The minimum absolute atomic E-state index is 0.0226. The molecule has 0 unspecified atom stereocenters. The smallest absolute Gasteiger partial charge is 0.310 e. The van der Waals surface area contributed by atoms with E-state index in [1.54, 1.807) is 6.08 Å². The Morgan fingerprint density at radius 2 is 1.89 bits per heavy atom. The van der Waals surface area contributed by atoms with Crippen LogP contribution in [0.1, 0.15) is 32.8 Å². The van der Waals surface area contributed by atoms with Crippen molar-refractivity contribution in [1.82, 2.24) is 0 Å². The molecule has 1 aromatic carbocycles. The normalized spacial score (nSPS) is 31.7. The first-order valence-corrected chi connectivity index (χ1v) is 9.73. The van der Waals surface area contributed by atoms with Gasteiger partial charge in [0.15, 0.2) is 5.78 Å². The zero-order chi connectivity index (χ0) is 20.0. The fourth-order valence-corrected chi connectivity index (χ4v) is 4.88. The number of carbonyl (C=O) groups is 3. The Kier molecular flexibility index (Phi) is 4.69. The van der Waals surface area contributed by atoms with Gasteiger partial charge in [0, 0.05) is 23.8 Å². The number of allylic oxidation sites excluding steroid dienone is 1. The van der Waals surface area contributed by atoms with E-state index in [9.17, 15) is 14.4 Å². The third-order valence-corrected chi connectivity index (χ3v) is 6.21. The number of hydrogen-bond donors (Lipinski definition) is 0. The van der Waals surface area contributed by atoms with Crippen molar-refractivity contribution in [3.05, 3.63) is 58.7 Å². The fourth-order valence-electron chi connectivity index (χ4n) is 4.88. The summed E-state index contributed by atoms with van der Waals surface area (Å²) in [5, 5.41) is 0. The summed E-state index contributed by atoms with van der Waals surface area (Å²) in [5.41, 5.74) is 3.41. The molecule has 0 radical (unpaired) electrons. The molecule has 5 nitrogen and oxygen atoms in total. The Labute approximate surface area is 164 Å². The van der Waals surface area contributed by atoms with Crippen LogP contribution in [-0.2, 0) is 30.3 Å². The first-order valence-electron chi connectivity index (χ1n) is 9.73. The van der Waals surface area contributed by atoms with Gasteiger partial charge in [0.2, 0.25) is 0 Å². The second-order valence-corrected chi connectivity index (χ2v) is 8.09. The highest BCUT2D eigenvalue weighted by Crippen LogP contribution is 2.48. The van der Waals surface area contributed by atoms with Crippen molar-refractivity contribution in [2.45, 2.75) is 45.8 Å². The SMILES string of the molecule is CC1=CC(=O)C2=C(C)C[C@H](OC(=O)Cc3ccccc3)[C@@H]3[C@H](OC(=O)[C@H]3C)[C@@H]12. The van der Waals surface area contributed by atoms with Crippen molar-refractivity contribution < 1.29 is 23.9 Å². The maximum Gasteiger partial charge on any atom is 0.310 e. The van der Waals surface area contributed by atoms with E-state index < -0.39 is 12.2 Å². The Morgan fingerprint density at radius 3 is 2.61 bits per heavy atom. The van der Waals surface area contributed by atoms with E-state index in [1.165, 1.54) is 0 Å². The van der Waals surface area contributed by atoms with Gasteiger partial charge in [-0.3, -0.25) is 14.4 Å². The van der Waals surface area contributed by atoms with Crippen LogP contribution in [0, 0.1) is 17.8 Å². The molecule has 0 aromatic heterocycles. The van der Waals surface area contributed by atoms with Crippen LogP contribution in [0.2, 0.25) is 0 Å². The lowest BCUT2D eigenvalue weighted by Gasteiger charge is -2.29. The third-order valence-electron chi connectivity index (χ3n) is 6.21. The zero-order valence-electron chi connectivity index (χ0n) is 16.3. The molecule has 0 N–H and O–H groups in total. The molecule has 4 rings (SSSR count). The van der Waals surface area contributed by atoms with E-state index in [0.29, 0.717) is 12.0 Å². The van der Waals surface area contributed by atoms with Gasteiger partial charge in [-0.1, -0.05) is 48.4 Å². The summed E-state index contributed by atoms with van der Waals surface area (Å²) in [4.78, 5) is 37.5. The van der Waals surface area contributed by atoms with Crippen LogP contribution in [0.3, 0.4) is 0 Å². The van der Waals surface area contributed by atoms with Crippen molar-refractivity contribution >= 4 is 17.7 Å². The molecule has 28 heavy (non-hydrogen) atoms. The Balaban J connectivity index is 1.63. The first kappa shape index (κ1) is 18.7. The van der Waals surface area contributed by atoms with Crippen molar-refractivity contribution in [3.63, 3.8) is 0 Å². The maximum absolute atomic E-state index is 12.6. The van der Waals surface area contributed by atoms with Crippen LogP contribution in [0.25, 0.3) is 0 Å². The number of fused-ring (bicyclic) bond motifs is 3. The molecule has 1 heterocycles. The number of ketones is 1. The largest absolute Gasteiger partial charge is 0.461 e. The predicted molar refractivity (Wildman–Crippen MR) is 102 cm³/mol. The monoisotopic (exact) mass is 380 g/mol. The van der Waals surface area contributed by atoms with Crippen molar-refractivity contribution in [1.29, 1.82) is 0 Å². The highest BCUT2D eigenvalue weighted by Gasteiger charge is 2.55. The molecule has 5 heteroatoms. The molecule has 2 aliphatic carbocycles. The van der Waals surface area contributed by atoms with E-state index in [1.807, 2.05) is 51.1 Å². The Bertz CT molecular complexity index is 895. The van der Waals surface area contributed by atoms with E-state index >= 15 is 0 Å². The van der Waals surface area contributed by atoms with E-state index in [-0.39, 0.29) is 41.9 Å². The van der Waals surface area contributed by atoms with Gasteiger partial charge < -0.3 is 9.47 Å². The van der Waals surface area contributed by atoms with Gasteiger partial charge in [-0.25, -0.2) is 0 Å². The van der Waals surface area contributed by atoms with Crippen LogP contribution in [0.15, 0.2) is 53.1 Å². The van der Waals surface area contributed by atoms with Crippen LogP contribution in [0.4, 0.5) is 0 Å². The number of carbonyl (C=O) groups excluding carboxylic acids is 3. The lowest BCUT2D eigenvalue weighted by atomic mass is 9.79. The summed E-state index contributed by atoms with van der Waals surface area (Å²) in [6.45, 7) is 5.64. The molecule has 0 bridgehead atoms. The summed E-state index contributed by atoms with van der Waals surface area (Å²) in [6.07, 6.45) is 1.31.